The van der Waals surface area contributed by atoms with Crippen molar-refractivity contribution in [3.8, 4) is 6.07 Å². The quantitative estimate of drug-likeness (QED) is 0.555. The van der Waals surface area contributed by atoms with E-state index in [1.807, 2.05) is 0 Å². The molecule has 0 saturated carbocycles. The highest BCUT2D eigenvalue weighted by Gasteiger charge is 2.33. The largest absolute Gasteiger partial charge is 0.403 e. The van der Waals surface area contributed by atoms with Gasteiger partial charge in [0.2, 0.25) is 0 Å². The van der Waals surface area contributed by atoms with Crippen molar-refractivity contribution in [1.29, 1.82) is 5.26 Å². The minimum absolute atomic E-state index is 0.0568. The van der Waals surface area contributed by atoms with Crippen LogP contribution in [0.5, 0.6) is 0 Å². The van der Waals surface area contributed by atoms with Gasteiger partial charge in [-0.05, 0) is 23.8 Å². The number of aliphatic hydroxyl groups is 1. The Hall–Kier alpha value is -2.88. The fraction of sp³-hybridized carbons (Fsp3) is 0.125. The van der Waals surface area contributed by atoms with Crippen molar-refractivity contribution >= 4 is 0 Å². The number of nitriles is 1. The number of hydrogen-bond donors (Lipinski definition) is 3. The first kappa shape index (κ1) is 15.5. The molecule has 1 heterocycles. The highest BCUT2D eigenvalue weighted by Crippen LogP contribution is 2.30. The van der Waals surface area contributed by atoms with Crippen LogP contribution in [-0.2, 0) is 5.60 Å². The van der Waals surface area contributed by atoms with Crippen molar-refractivity contribution in [2.45, 2.75) is 5.60 Å². The van der Waals surface area contributed by atoms with Gasteiger partial charge in [-0.2, -0.15) is 5.26 Å². The summed E-state index contributed by atoms with van der Waals surface area (Å²) >= 11 is 0. The maximum absolute atomic E-state index is 11.2. The van der Waals surface area contributed by atoms with Crippen LogP contribution in [-0.4, -0.2) is 21.6 Å². The van der Waals surface area contributed by atoms with Crippen LogP contribution in [0, 0.1) is 11.3 Å². The number of hydrazine groups is 1. The minimum Gasteiger partial charge on any atom is -0.403 e. The molecule has 22 heavy (non-hydrogen) atoms. The van der Waals surface area contributed by atoms with Crippen molar-refractivity contribution in [1.82, 2.24) is 9.99 Å². The molecule has 2 aromatic rings. The lowest BCUT2D eigenvalue weighted by atomic mass is 9.86. The van der Waals surface area contributed by atoms with E-state index in [0.717, 1.165) is 0 Å². The van der Waals surface area contributed by atoms with E-state index in [4.69, 9.17) is 16.8 Å². The summed E-state index contributed by atoms with van der Waals surface area (Å²) < 4.78 is 0. The number of pyridine rings is 1. The summed E-state index contributed by atoms with van der Waals surface area (Å²) in [5.41, 5.74) is 5.50. The third-order valence-corrected chi connectivity index (χ3v) is 3.30. The molecule has 0 aliphatic carbocycles. The number of nitrogens with zero attached hydrogens (tertiary/aromatic N) is 3. The predicted molar refractivity (Wildman–Crippen MR) is 82.6 cm³/mol. The molecule has 112 valence electrons. The summed E-state index contributed by atoms with van der Waals surface area (Å²) in [6, 6.07) is 12.3. The maximum atomic E-state index is 11.2. The zero-order valence-electron chi connectivity index (χ0n) is 11.9. The minimum atomic E-state index is -1.42. The van der Waals surface area contributed by atoms with Gasteiger partial charge < -0.3 is 15.8 Å². The van der Waals surface area contributed by atoms with E-state index in [2.05, 4.69) is 11.1 Å². The molecule has 0 radical (unpaired) electrons. The molecule has 0 aliphatic rings. The summed E-state index contributed by atoms with van der Waals surface area (Å²) in [5, 5.41) is 21.6. The van der Waals surface area contributed by atoms with E-state index in [1.54, 1.807) is 48.8 Å². The number of benzene rings is 1. The molecule has 5 N–H and O–H groups in total. The van der Waals surface area contributed by atoms with Gasteiger partial charge in [-0.15, -0.1) is 0 Å². The van der Waals surface area contributed by atoms with E-state index < -0.39 is 5.60 Å². The third-order valence-electron chi connectivity index (χ3n) is 3.30. The molecular formula is C16H17N5O. The molecule has 0 bridgehead atoms. The van der Waals surface area contributed by atoms with Crippen LogP contribution in [0.3, 0.4) is 0 Å². The Labute approximate surface area is 128 Å². The molecule has 0 fully saturated rings. The first-order chi connectivity index (χ1) is 10.6. The normalized spacial score (nSPS) is 13.5. The average Bonchev–Trinajstić information content (AvgIpc) is 2.55. The Morgan fingerprint density at radius 3 is 2.73 bits per heavy atom. The first-order valence-electron chi connectivity index (χ1n) is 6.63. The van der Waals surface area contributed by atoms with Crippen molar-refractivity contribution in [2.75, 3.05) is 6.54 Å². The van der Waals surface area contributed by atoms with Gasteiger partial charge in [0.1, 0.15) is 5.60 Å². The Bertz CT molecular complexity index is 695. The first-order valence-corrected chi connectivity index (χ1v) is 6.63. The summed E-state index contributed by atoms with van der Waals surface area (Å²) in [5.74, 6) is 5.84. The van der Waals surface area contributed by atoms with Crippen LogP contribution >= 0.6 is 0 Å². The number of rotatable bonds is 5. The molecule has 1 atom stereocenters. The van der Waals surface area contributed by atoms with Crippen molar-refractivity contribution in [3.63, 3.8) is 0 Å². The van der Waals surface area contributed by atoms with Crippen LogP contribution in [0.4, 0.5) is 0 Å². The Balaban J connectivity index is 2.52. The molecule has 6 nitrogen and oxygen atoms in total. The topological polar surface area (TPSA) is 112 Å². The fourth-order valence-corrected chi connectivity index (χ4v) is 2.23. The van der Waals surface area contributed by atoms with E-state index >= 15 is 0 Å². The van der Waals surface area contributed by atoms with Gasteiger partial charge >= 0.3 is 0 Å². The summed E-state index contributed by atoms with van der Waals surface area (Å²) in [7, 11) is 0. The molecule has 6 heteroatoms. The summed E-state index contributed by atoms with van der Waals surface area (Å²) in [6.07, 6.45) is 5.93. The molecule has 1 aromatic heterocycles. The molecule has 0 spiro atoms. The third kappa shape index (κ3) is 3.23. The Kier molecular flexibility index (Phi) is 4.73. The van der Waals surface area contributed by atoms with E-state index in [-0.39, 0.29) is 6.54 Å². The van der Waals surface area contributed by atoms with Crippen LogP contribution in [0.15, 0.2) is 61.2 Å². The zero-order valence-corrected chi connectivity index (χ0v) is 11.9. The number of nitrogens with two attached hydrogens (primary N) is 2. The Morgan fingerprint density at radius 1 is 1.32 bits per heavy atom. The van der Waals surface area contributed by atoms with Gasteiger partial charge in [-0.3, -0.25) is 4.98 Å². The summed E-state index contributed by atoms with van der Waals surface area (Å²) in [6.45, 7) is 0.0568. The molecule has 0 saturated heterocycles. The van der Waals surface area contributed by atoms with Crippen molar-refractivity contribution < 1.29 is 5.11 Å². The van der Waals surface area contributed by atoms with Gasteiger partial charge in [0.15, 0.2) is 0 Å². The van der Waals surface area contributed by atoms with Crippen LogP contribution < -0.4 is 11.6 Å². The number of aromatic nitrogens is 1. The van der Waals surface area contributed by atoms with Gasteiger partial charge in [-0.1, -0.05) is 18.2 Å². The maximum Gasteiger partial charge on any atom is 0.135 e. The highest BCUT2D eigenvalue weighted by atomic mass is 16.3. The second-order valence-corrected chi connectivity index (χ2v) is 4.81. The zero-order chi connectivity index (χ0) is 16.0. The standard InChI is InChI=1S/C16H17N5O/c17-6-8-21(19)12-16(22,15-5-2-7-20-11-15)14-4-1-3-13(9-14)10-18/h1-9,11,22H,12,17,19H2/b8-6-. The van der Waals surface area contributed by atoms with E-state index in [9.17, 15) is 5.11 Å². The molecule has 1 aromatic carbocycles. The molecular weight excluding hydrogens is 278 g/mol. The molecule has 1 unspecified atom stereocenters. The molecule has 2 rings (SSSR count). The van der Waals surface area contributed by atoms with Crippen LogP contribution in [0.25, 0.3) is 0 Å². The molecule has 0 aliphatic heterocycles. The SMILES string of the molecule is N#Cc1cccc(C(O)(CN(N)/C=C\N)c2cccnc2)c1. The number of hydrogen-bond acceptors (Lipinski definition) is 6. The highest BCUT2D eigenvalue weighted by molar-refractivity contribution is 5.41. The van der Waals surface area contributed by atoms with Gasteiger partial charge in [-0.25, -0.2) is 5.84 Å². The molecule has 0 amide bonds. The smallest absolute Gasteiger partial charge is 0.135 e. The van der Waals surface area contributed by atoms with Gasteiger partial charge in [0.05, 0.1) is 18.2 Å². The lowest BCUT2D eigenvalue weighted by molar-refractivity contribution is 0.0497. The van der Waals surface area contributed by atoms with Gasteiger partial charge in [0.25, 0.3) is 0 Å². The Morgan fingerprint density at radius 2 is 2.09 bits per heavy atom. The average molecular weight is 295 g/mol. The predicted octanol–water partition coefficient (Wildman–Crippen LogP) is 0.795. The van der Waals surface area contributed by atoms with Crippen LogP contribution in [0.2, 0.25) is 0 Å². The van der Waals surface area contributed by atoms with Gasteiger partial charge in [0, 0.05) is 30.4 Å². The monoisotopic (exact) mass is 295 g/mol. The lowest BCUT2D eigenvalue weighted by Crippen LogP contribution is -2.43. The lowest BCUT2D eigenvalue weighted by Gasteiger charge is -2.32. The van der Waals surface area contributed by atoms with E-state index in [0.29, 0.717) is 16.7 Å². The van der Waals surface area contributed by atoms with Crippen molar-refractivity contribution in [3.05, 3.63) is 77.9 Å². The summed E-state index contributed by atoms with van der Waals surface area (Å²) in [4.78, 5) is 4.05. The second kappa shape index (κ2) is 6.72. The van der Waals surface area contributed by atoms with Crippen molar-refractivity contribution in [2.24, 2.45) is 11.6 Å². The second-order valence-electron chi connectivity index (χ2n) is 4.81. The fourth-order valence-electron chi connectivity index (χ4n) is 2.23. The van der Waals surface area contributed by atoms with Crippen LogP contribution in [0.1, 0.15) is 16.7 Å². The van der Waals surface area contributed by atoms with E-state index in [1.165, 1.54) is 17.4 Å².